The molecule has 0 radical (unpaired) electrons. The maximum absolute atomic E-state index is 12.3. The molecule has 0 aliphatic heterocycles. The van der Waals surface area contributed by atoms with E-state index in [4.69, 9.17) is 5.11 Å². The fourth-order valence-corrected chi connectivity index (χ4v) is 4.95. The van der Waals surface area contributed by atoms with E-state index in [9.17, 15) is 27.1 Å². The molecule has 11 heteroatoms. The Morgan fingerprint density at radius 1 is 1.38 bits per heavy atom. The molecule has 0 saturated carbocycles. The fraction of sp³-hybridized carbons (Fsp3) is 0.385. The van der Waals surface area contributed by atoms with Gasteiger partial charge in [-0.3, -0.25) is 0 Å². The third kappa shape index (κ3) is 6.53. The Hall–Kier alpha value is -1.53. The van der Waals surface area contributed by atoms with Crippen molar-refractivity contribution in [1.29, 1.82) is 0 Å². The number of carbonyl (C=O) groups is 2. The van der Waals surface area contributed by atoms with Crippen LogP contribution in [0.5, 0.6) is 5.75 Å². The van der Waals surface area contributed by atoms with Crippen LogP contribution in [0.4, 0.5) is 5.69 Å². The predicted octanol–water partition coefficient (Wildman–Crippen LogP) is -0.248. The normalized spacial score (nSPS) is 14.5. The van der Waals surface area contributed by atoms with Gasteiger partial charge in [0.25, 0.3) is 0 Å². The van der Waals surface area contributed by atoms with Crippen LogP contribution in [-0.2, 0) is 21.6 Å². The third-order valence-electron chi connectivity index (χ3n) is 2.83. The summed E-state index contributed by atoms with van der Waals surface area (Å²) in [5, 5.41) is 20.3. The van der Waals surface area contributed by atoms with Gasteiger partial charge in [0.15, 0.2) is 0 Å². The molecule has 2 atom stereocenters. The number of hydrogen-bond donors (Lipinski definition) is 4. The molecule has 4 N–H and O–H groups in total. The van der Waals surface area contributed by atoms with Crippen molar-refractivity contribution in [2.75, 3.05) is 17.8 Å². The molecule has 0 aliphatic rings. The minimum absolute atomic E-state index is 0.120. The number of carbonyl (C=O) groups excluding carboxylic acids is 2. The fourth-order valence-electron chi connectivity index (χ4n) is 1.80. The molecular formula is C13H19AsNO8P. The monoisotopic (exact) mass is 423 g/mol. The molecule has 2 unspecified atom stereocenters. The quantitative estimate of drug-likeness (QED) is 0.330. The second kappa shape index (κ2) is 9.08. The zero-order valence-electron chi connectivity index (χ0n) is 12.9. The van der Waals surface area contributed by atoms with Gasteiger partial charge in [-0.1, -0.05) is 0 Å². The first-order valence-corrected chi connectivity index (χ1v) is 12.1. The van der Waals surface area contributed by atoms with E-state index in [1.165, 1.54) is 6.92 Å². The van der Waals surface area contributed by atoms with Crippen LogP contribution in [0.2, 0.25) is 0 Å². The van der Waals surface area contributed by atoms with E-state index in [-0.39, 0.29) is 34.8 Å². The van der Waals surface area contributed by atoms with Crippen LogP contribution in [0.25, 0.3) is 0 Å². The van der Waals surface area contributed by atoms with E-state index in [0.717, 1.165) is 18.2 Å². The summed E-state index contributed by atoms with van der Waals surface area (Å²) in [5.74, 6) is -1.72. The predicted molar refractivity (Wildman–Crippen MR) is 87.0 cm³/mol. The van der Waals surface area contributed by atoms with Gasteiger partial charge in [-0.25, -0.2) is 0 Å². The zero-order valence-corrected chi connectivity index (χ0v) is 15.8. The van der Waals surface area contributed by atoms with E-state index in [2.05, 4.69) is 9.04 Å². The molecule has 0 aliphatic carbocycles. The van der Waals surface area contributed by atoms with Crippen LogP contribution in [0, 0.1) is 0 Å². The van der Waals surface area contributed by atoms with Gasteiger partial charge in [-0.05, 0) is 0 Å². The molecule has 0 fully saturated rings. The molecule has 1 amide bonds. The van der Waals surface area contributed by atoms with Crippen LogP contribution in [-0.4, -0.2) is 52.9 Å². The van der Waals surface area contributed by atoms with Crippen molar-refractivity contribution >= 4 is 43.9 Å². The topological polar surface area (TPSA) is 150 Å². The van der Waals surface area contributed by atoms with E-state index in [0.29, 0.717) is 0 Å². The maximum atomic E-state index is 12.3. The van der Waals surface area contributed by atoms with Crippen LogP contribution in [0.1, 0.15) is 19.8 Å². The van der Waals surface area contributed by atoms with Gasteiger partial charge in [0, 0.05) is 0 Å². The van der Waals surface area contributed by atoms with Crippen molar-refractivity contribution in [2.45, 2.75) is 19.8 Å². The molecular weight excluding hydrogens is 404 g/mol. The summed E-state index contributed by atoms with van der Waals surface area (Å²) < 4.78 is 37.8. The Bertz CT molecular complexity index is 693. The summed E-state index contributed by atoms with van der Waals surface area (Å²) >= 11 is -5.29. The molecule has 0 saturated heterocycles. The summed E-state index contributed by atoms with van der Waals surface area (Å²) in [6, 6.07) is 3.30. The van der Waals surface area contributed by atoms with E-state index in [1.807, 2.05) is 0 Å². The average molecular weight is 423 g/mol. The molecule has 9 nitrogen and oxygen atoms in total. The van der Waals surface area contributed by atoms with Crippen molar-refractivity contribution in [3.05, 3.63) is 18.2 Å². The van der Waals surface area contributed by atoms with E-state index in [1.54, 1.807) is 0 Å². The first-order valence-electron chi connectivity index (χ1n) is 6.94. The van der Waals surface area contributed by atoms with E-state index < -0.39 is 40.2 Å². The summed E-state index contributed by atoms with van der Waals surface area (Å²) in [4.78, 5) is 22.8. The summed E-state index contributed by atoms with van der Waals surface area (Å²) in [5.41, 5.74) is -0.120. The number of benzene rings is 1. The number of anilines is 1. The second-order valence-electron chi connectivity index (χ2n) is 4.92. The second-order valence-corrected chi connectivity index (χ2v) is 10.4. The molecule has 1 aromatic carbocycles. The minimum atomic E-state index is -5.29. The van der Waals surface area contributed by atoms with Crippen LogP contribution in [0.15, 0.2) is 18.2 Å². The molecule has 0 bridgehead atoms. The zero-order chi connectivity index (χ0) is 18.3. The SMILES string of the molecule is CC(=O)Nc1cc(O)ccc1[As](=O)(O)OC(=O)CCC[PH](=O)CO. The number of nitrogens with one attached hydrogen (secondary N) is 1. The summed E-state index contributed by atoms with van der Waals surface area (Å²) in [7, 11) is -2.15. The van der Waals surface area contributed by atoms with Crippen molar-refractivity contribution in [1.82, 2.24) is 0 Å². The number of aliphatic hydroxyl groups excluding tert-OH is 1. The number of aromatic hydroxyl groups is 1. The number of amides is 1. The standard InChI is InChI=1S/C13H19AsNO8P/c1-9(17)15-12-7-10(18)4-5-11(12)14(20,21)23-13(19)3-2-6-24(22)8-16/h4-5,7,16,18,24H,2-3,6,8H2,1H3,(H,15,17)(H,20,21). The summed E-state index contributed by atoms with van der Waals surface area (Å²) in [6.07, 6.45) is -0.387. The van der Waals surface area contributed by atoms with Gasteiger partial charge in [-0.15, -0.1) is 0 Å². The third-order valence-corrected chi connectivity index (χ3v) is 7.14. The van der Waals surface area contributed by atoms with Gasteiger partial charge in [0.2, 0.25) is 0 Å². The first kappa shape index (κ1) is 20.5. The van der Waals surface area contributed by atoms with Crippen LogP contribution < -0.4 is 9.67 Å². The van der Waals surface area contributed by atoms with Crippen molar-refractivity contribution in [3.63, 3.8) is 0 Å². The Kier molecular flexibility index (Phi) is 7.76. The van der Waals surface area contributed by atoms with Gasteiger partial charge in [0.1, 0.15) is 0 Å². The molecule has 1 rings (SSSR count). The van der Waals surface area contributed by atoms with Crippen molar-refractivity contribution in [2.24, 2.45) is 0 Å². The molecule has 0 spiro atoms. The Labute approximate surface area is 141 Å². The summed E-state index contributed by atoms with van der Waals surface area (Å²) in [6.45, 7) is 1.18. The van der Waals surface area contributed by atoms with Crippen molar-refractivity contribution in [3.8, 4) is 5.75 Å². The molecule has 0 aromatic heterocycles. The number of aliphatic hydroxyl groups is 1. The van der Waals surface area contributed by atoms with Crippen LogP contribution >= 0.6 is 7.80 Å². The number of phenols is 1. The number of hydrogen-bond acceptors (Lipinski definition) is 7. The van der Waals surface area contributed by atoms with Gasteiger partial charge < -0.3 is 0 Å². The number of rotatable bonds is 8. The molecule has 134 valence electrons. The number of phenolic OH excluding ortho intramolecular Hbond substituents is 1. The van der Waals surface area contributed by atoms with Gasteiger partial charge >= 0.3 is 141 Å². The first-order chi connectivity index (χ1) is 11.2. The molecule has 1 aromatic rings. The Balaban J connectivity index is 2.84. The molecule has 24 heavy (non-hydrogen) atoms. The van der Waals surface area contributed by atoms with Gasteiger partial charge in [0.05, 0.1) is 0 Å². The Morgan fingerprint density at radius 3 is 2.62 bits per heavy atom. The van der Waals surface area contributed by atoms with Crippen molar-refractivity contribution < 1.29 is 35.9 Å². The van der Waals surface area contributed by atoms with Gasteiger partial charge in [-0.2, -0.15) is 0 Å². The van der Waals surface area contributed by atoms with Crippen LogP contribution in [0.3, 0.4) is 0 Å². The van der Waals surface area contributed by atoms with E-state index >= 15 is 0 Å². The molecule has 0 heterocycles. The Morgan fingerprint density at radius 2 is 2.04 bits per heavy atom. The average Bonchev–Trinajstić information content (AvgIpc) is 2.45.